The molecule has 3 aromatic rings. The van der Waals surface area contributed by atoms with Crippen LogP contribution in [0.5, 0.6) is 11.5 Å². The van der Waals surface area contributed by atoms with Gasteiger partial charge in [0.1, 0.15) is 27.7 Å². The van der Waals surface area contributed by atoms with Crippen LogP contribution in [0.1, 0.15) is 10.4 Å². The topological polar surface area (TPSA) is 61.3 Å². The molecule has 0 spiro atoms. The predicted octanol–water partition coefficient (Wildman–Crippen LogP) is 3.68. The average molecular weight is 346 g/mol. The summed E-state index contributed by atoms with van der Waals surface area (Å²) in [6.07, 6.45) is 1.53. The summed E-state index contributed by atoms with van der Waals surface area (Å²) < 4.78 is 10.4. The van der Waals surface area contributed by atoms with Gasteiger partial charge in [-0.2, -0.15) is 0 Å². The largest absolute Gasteiger partial charge is 0.497 e. The molecule has 0 bridgehead atoms. The molecule has 0 unspecified atom stereocenters. The highest BCUT2D eigenvalue weighted by Crippen LogP contribution is 2.30. The second kappa shape index (κ2) is 6.97. The molecule has 0 N–H and O–H groups in total. The van der Waals surface area contributed by atoms with E-state index in [9.17, 15) is 4.79 Å². The number of aromatic nitrogens is 2. The number of rotatable bonds is 6. The minimum atomic E-state index is -0.0345. The van der Waals surface area contributed by atoms with Gasteiger partial charge in [-0.15, -0.1) is 11.3 Å². The number of benzene rings is 1. The number of methoxy groups -OCH3 is 2. The second-order valence-electron chi connectivity index (χ2n) is 4.60. The molecule has 23 heavy (non-hydrogen) atoms. The summed E-state index contributed by atoms with van der Waals surface area (Å²) in [6.45, 7) is 0. The molecule has 0 fully saturated rings. The lowest BCUT2D eigenvalue weighted by molar-refractivity contribution is 0.101. The van der Waals surface area contributed by atoms with Gasteiger partial charge in [0.15, 0.2) is 5.78 Å². The van der Waals surface area contributed by atoms with Gasteiger partial charge < -0.3 is 9.47 Å². The van der Waals surface area contributed by atoms with Crippen LogP contribution in [0, 0.1) is 0 Å². The Hall–Kier alpha value is -2.12. The SMILES string of the molecule is COc1ccc(OC)c(C(=O)CSc2ncnc3sccc23)c1. The number of ketones is 1. The summed E-state index contributed by atoms with van der Waals surface area (Å²) in [5.74, 6) is 1.40. The highest BCUT2D eigenvalue weighted by atomic mass is 32.2. The van der Waals surface area contributed by atoms with Gasteiger partial charge >= 0.3 is 0 Å². The minimum Gasteiger partial charge on any atom is -0.497 e. The molecule has 3 rings (SSSR count). The molecule has 0 saturated heterocycles. The lowest BCUT2D eigenvalue weighted by atomic mass is 10.1. The Bertz CT molecular complexity index is 848. The van der Waals surface area contributed by atoms with E-state index < -0.39 is 0 Å². The fourth-order valence-electron chi connectivity index (χ4n) is 2.13. The van der Waals surface area contributed by atoms with E-state index in [-0.39, 0.29) is 11.5 Å². The molecule has 0 amide bonds. The normalized spacial score (nSPS) is 10.7. The van der Waals surface area contributed by atoms with Crippen LogP contribution in [0.15, 0.2) is 41.0 Å². The quantitative estimate of drug-likeness (QED) is 0.385. The molecule has 0 atom stereocenters. The minimum absolute atomic E-state index is 0.0345. The summed E-state index contributed by atoms with van der Waals surface area (Å²) >= 11 is 2.96. The van der Waals surface area contributed by atoms with Gasteiger partial charge in [0.25, 0.3) is 0 Å². The van der Waals surface area contributed by atoms with Crippen LogP contribution in [0.25, 0.3) is 10.2 Å². The fraction of sp³-hybridized carbons (Fsp3) is 0.188. The van der Waals surface area contributed by atoms with Gasteiger partial charge in [-0.3, -0.25) is 4.79 Å². The number of ether oxygens (including phenoxy) is 2. The van der Waals surface area contributed by atoms with Crippen molar-refractivity contribution in [3.05, 3.63) is 41.5 Å². The Morgan fingerprint density at radius 1 is 1.22 bits per heavy atom. The number of hydrogen-bond acceptors (Lipinski definition) is 7. The standard InChI is InChI=1S/C16H14N2O3S2/c1-20-10-3-4-14(21-2)12(7-10)13(19)8-23-16-11-5-6-22-15(11)17-9-18-16/h3-7,9H,8H2,1-2H3. The number of thiophene rings is 1. The van der Waals surface area contributed by atoms with E-state index >= 15 is 0 Å². The molecule has 0 aliphatic rings. The van der Waals surface area contributed by atoms with Crippen LogP contribution < -0.4 is 9.47 Å². The van der Waals surface area contributed by atoms with Crippen LogP contribution in [0.3, 0.4) is 0 Å². The van der Waals surface area contributed by atoms with Gasteiger partial charge in [-0.25, -0.2) is 9.97 Å². The molecule has 2 aromatic heterocycles. The maximum absolute atomic E-state index is 12.5. The molecule has 0 aliphatic heterocycles. The zero-order chi connectivity index (χ0) is 16.2. The van der Waals surface area contributed by atoms with Crippen LogP contribution in [-0.2, 0) is 0 Å². The number of hydrogen-bond donors (Lipinski definition) is 0. The van der Waals surface area contributed by atoms with E-state index in [1.165, 1.54) is 18.1 Å². The number of carbonyl (C=O) groups is 1. The molecule has 7 heteroatoms. The summed E-state index contributed by atoms with van der Waals surface area (Å²) in [7, 11) is 3.12. The van der Waals surface area contributed by atoms with Crippen LogP contribution in [-0.4, -0.2) is 35.7 Å². The molecule has 0 saturated carbocycles. The van der Waals surface area contributed by atoms with Crippen molar-refractivity contribution < 1.29 is 14.3 Å². The van der Waals surface area contributed by atoms with Crippen LogP contribution >= 0.6 is 23.1 Å². The zero-order valence-corrected chi connectivity index (χ0v) is 14.2. The van der Waals surface area contributed by atoms with Crippen molar-refractivity contribution in [1.82, 2.24) is 9.97 Å². The first-order valence-corrected chi connectivity index (χ1v) is 8.65. The molecule has 5 nitrogen and oxygen atoms in total. The number of Topliss-reactive ketones (excluding diaryl/α,β-unsaturated/α-hetero) is 1. The van der Waals surface area contributed by atoms with Crippen molar-refractivity contribution >= 4 is 39.1 Å². The van der Waals surface area contributed by atoms with Crippen molar-refractivity contribution in [2.75, 3.05) is 20.0 Å². The highest BCUT2D eigenvalue weighted by Gasteiger charge is 2.15. The lowest BCUT2D eigenvalue weighted by Gasteiger charge is -2.09. The zero-order valence-electron chi connectivity index (χ0n) is 12.6. The van der Waals surface area contributed by atoms with Gasteiger partial charge in [-0.05, 0) is 29.6 Å². The molecule has 1 aromatic carbocycles. The molecule has 0 aliphatic carbocycles. The van der Waals surface area contributed by atoms with Crippen molar-refractivity contribution in [2.45, 2.75) is 5.03 Å². The van der Waals surface area contributed by atoms with Crippen LogP contribution in [0.4, 0.5) is 0 Å². The van der Waals surface area contributed by atoms with Crippen molar-refractivity contribution in [1.29, 1.82) is 0 Å². The Balaban J connectivity index is 1.81. The summed E-state index contributed by atoms with van der Waals surface area (Å²) in [6, 6.07) is 7.17. The van der Waals surface area contributed by atoms with Gasteiger partial charge in [0.05, 0.1) is 25.5 Å². The van der Waals surface area contributed by atoms with Gasteiger partial charge in [-0.1, -0.05) is 11.8 Å². The van der Waals surface area contributed by atoms with Crippen molar-refractivity contribution in [3.8, 4) is 11.5 Å². The van der Waals surface area contributed by atoms with E-state index in [0.717, 1.165) is 15.2 Å². The van der Waals surface area contributed by atoms with Gasteiger partial charge in [0, 0.05) is 5.39 Å². The van der Waals surface area contributed by atoms with E-state index in [1.54, 1.807) is 43.8 Å². The number of carbonyl (C=O) groups excluding carboxylic acids is 1. The Morgan fingerprint density at radius 3 is 2.87 bits per heavy atom. The number of thioether (sulfide) groups is 1. The van der Waals surface area contributed by atoms with Crippen molar-refractivity contribution in [3.63, 3.8) is 0 Å². The first kappa shape index (κ1) is 15.8. The summed E-state index contributed by atoms with van der Waals surface area (Å²) in [4.78, 5) is 21.9. The van der Waals surface area contributed by atoms with E-state index in [4.69, 9.17) is 9.47 Å². The molecule has 118 valence electrons. The third-order valence-corrected chi connectivity index (χ3v) is 5.10. The first-order valence-electron chi connectivity index (χ1n) is 6.79. The van der Waals surface area contributed by atoms with Crippen molar-refractivity contribution in [2.24, 2.45) is 0 Å². The number of nitrogens with zero attached hydrogens (tertiary/aromatic N) is 2. The monoisotopic (exact) mass is 346 g/mol. The molecule has 2 heterocycles. The van der Waals surface area contributed by atoms with E-state index in [1.807, 2.05) is 11.4 Å². The Labute approximate surface area is 141 Å². The molecule has 0 radical (unpaired) electrons. The third kappa shape index (κ3) is 3.30. The molecular weight excluding hydrogens is 332 g/mol. The summed E-state index contributed by atoms with van der Waals surface area (Å²) in [5, 5.41) is 3.76. The smallest absolute Gasteiger partial charge is 0.176 e. The Morgan fingerprint density at radius 2 is 2.09 bits per heavy atom. The molecular formula is C16H14N2O3S2. The third-order valence-electron chi connectivity index (χ3n) is 3.27. The lowest BCUT2D eigenvalue weighted by Crippen LogP contribution is -2.06. The van der Waals surface area contributed by atoms with E-state index in [0.29, 0.717) is 17.1 Å². The van der Waals surface area contributed by atoms with Crippen LogP contribution in [0.2, 0.25) is 0 Å². The maximum Gasteiger partial charge on any atom is 0.176 e. The fourth-order valence-corrected chi connectivity index (χ4v) is 3.79. The number of fused-ring (bicyclic) bond motifs is 1. The van der Waals surface area contributed by atoms with Gasteiger partial charge in [0.2, 0.25) is 0 Å². The summed E-state index contributed by atoms with van der Waals surface area (Å²) in [5.41, 5.74) is 0.509. The highest BCUT2D eigenvalue weighted by molar-refractivity contribution is 8.00. The van der Waals surface area contributed by atoms with E-state index in [2.05, 4.69) is 9.97 Å². The first-order chi connectivity index (χ1) is 11.2. The average Bonchev–Trinajstić information content (AvgIpc) is 3.08. The maximum atomic E-state index is 12.5. The second-order valence-corrected chi connectivity index (χ2v) is 6.45. The predicted molar refractivity (Wildman–Crippen MR) is 92.0 cm³/mol. The Kier molecular flexibility index (Phi) is 4.78.